The number of nitrogens with zero attached hydrogens (tertiary/aromatic N) is 4. The van der Waals surface area contributed by atoms with E-state index in [1.165, 1.54) is 22.5 Å². The van der Waals surface area contributed by atoms with Gasteiger partial charge in [-0.3, -0.25) is 4.68 Å². The van der Waals surface area contributed by atoms with Gasteiger partial charge in [0.1, 0.15) is 5.75 Å². The fourth-order valence-corrected chi connectivity index (χ4v) is 6.02. The van der Waals surface area contributed by atoms with Crippen LogP contribution in [0.1, 0.15) is 25.8 Å². The molecule has 0 radical (unpaired) electrons. The Kier molecular flexibility index (Phi) is 10.0. The normalized spacial score (nSPS) is 14.3. The Morgan fingerprint density at radius 1 is 1.15 bits per heavy atom. The first-order valence-corrected chi connectivity index (χ1v) is 14.7. The van der Waals surface area contributed by atoms with Crippen LogP contribution in [0.5, 0.6) is 17.2 Å². The van der Waals surface area contributed by atoms with Gasteiger partial charge >= 0.3 is 6.09 Å². The van der Waals surface area contributed by atoms with Crippen LogP contribution in [0.15, 0.2) is 59.8 Å². The number of sulfonamides is 1. The molecular formula is C27H35N5O8S. The summed E-state index contributed by atoms with van der Waals surface area (Å²) in [5.74, 6) is 1.37. The van der Waals surface area contributed by atoms with E-state index in [9.17, 15) is 23.4 Å². The maximum atomic E-state index is 13.6. The summed E-state index contributed by atoms with van der Waals surface area (Å²) in [5, 5.41) is 30.6. The molecule has 3 N–H and O–H groups in total. The first kappa shape index (κ1) is 30.1. The van der Waals surface area contributed by atoms with Crippen LogP contribution in [0.2, 0.25) is 0 Å². The molecule has 2 heterocycles. The third-order valence-corrected chi connectivity index (χ3v) is 8.19. The molecule has 0 saturated carbocycles. The lowest BCUT2D eigenvalue weighted by molar-refractivity contribution is 0.0980. The van der Waals surface area contributed by atoms with E-state index in [2.05, 4.69) is 15.6 Å². The fraction of sp³-hybridized carbons (Fsp3) is 0.444. The zero-order valence-electron chi connectivity index (χ0n) is 22.9. The quantitative estimate of drug-likeness (QED) is 0.224. The Balaban J connectivity index is 1.41. The molecule has 41 heavy (non-hydrogen) atoms. The van der Waals surface area contributed by atoms with Crippen molar-refractivity contribution >= 4 is 16.1 Å². The Morgan fingerprint density at radius 2 is 1.90 bits per heavy atom. The first-order valence-electron chi connectivity index (χ1n) is 13.2. The number of aromatic nitrogens is 3. The van der Waals surface area contributed by atoms with Crippen molar-refractivity contribution < 1.29 is 37.6 Å². The van der Waals surface area contributed by atoms with Crippen molar-refractivity contribution in [2.24, 2.45) is 5.92 Å². The van der Waals surface area contributed by atoms with E-state index in [1.54, 1.807) is 41.3 Å². The molecule has 0 saturated heterocycles. The molecule has 13 nitrogen and oxygen atoms in total. The number of hydrogen-bond donors (Lipinski definition) is 3. The summed E-state index contributed by atoms with van der Waals surface area (Å²) in [6.07, 6.45) is 1.61. The van der Waals surface area contributed by atoms with E-state index < -0.39 is 28.3 Å². The summed E-state index contributed by atoms with van der Waals surface area (Å²) in [6, 6.07) is 10.5. The van der Waals surface area contributed by atoms with E-state index in [0.717, 1.165) is 12.0 Å². The largest absolute Gasteiger partial charge is 0.494 e. The SMILES string of the molecule is CC(C)CN(C[C@H](O)[C@H](Cc1ccc(OCCCn2ccnn2)cc1)NC(=O)O)S(=O)(=O)c1ccc2c(c1)OCO2. The van der Waals surface area contributed by atoms with Gasteiger partial charge < -0.3 is 29.7 Å². The second-order valence-corrected chi connectivity index (χ2v) is 12.0. The van der Waals surface area contributed by atoms with Crippen molar-refractivity contribution in [3.8, 4) is 17.2 Å². The van der Waals surface area contributed by atoms with Crippen LogP contribution in [-0.4, -0.2) is 82.7 Å². The molecule has 14 heteroatoms. The highest BCUT2D eigenvalue weighted by molar-refractivity contribution is 7.89. The van der Waals surface area contributed by atoms with Gasteiger partial charge in [0, 0.05) is 38.3 Å². The average molecular weight is 590 g/mol. The van der Waals surface area contributed by atoms with Crippen LogP contribution in [0.25, 0.3) is 0 Å². The van der Waals surface area contributed by atoms with Crippen molar-refractivity contribution in [3.05, 3.63) is 60.4 Å². The van der Waals surface area contributed by atoms with Crippen LogP contribution in [0, 0.1) is 5.92 Å². The van der Waals surface area contributed by atoms with Crippen molar-refractivity contribution in [1.82, 2.24) is 24.6 Å². The molecular weight excluding hydrogens is 554 g/mol. The molecule has 1 amide bonds. The number of ether oxygens (including phenoxy) is 3. The van der Waals surface area contributed by atoms with Crippen LogP contribution in [0.3, 0.4) is 0 Å². The zero-order chi connectivity index (χ0) is 29.4. The monoisotopic (exact) mass is 589 g/mol. The van der Waals surface area contributed by atoms with Gasteiger partial charge in [0.05, 0.1) is 29.8 Å². The molecule has 0 fully saturated rings. The molecule has 1 aliphatic heterocycles. The Hall–Kier alpha value is -3.88. The maximum Gasteiger partial charge on any atom is 0.404 e. The molecule has 2 atom stereocenters. The first-order chi connectivity index (χ1) is 19.6. The van der Waals surface area contributed by atoms with Gasteiger partial charge in [0.25, 0.3) is 0 Å². The predicted molar refractivity (Wildman–Crippen MR) is 147 cm³/mol. The molecule has 0 unspecified atom stereocenters. The molecule has 1 aromatic heterocycles. The molecule has 0 aliphatic carbocycles. The minimum atomic E-state index is -4.04. The van der Waals surface area contributed by atoms with Gasteiger partial charge in [0.15, 0.2) is 11.5 Å². The van der Waals surface area contributed by atoms with E-state index in [1.807, 2.05) is 13.8 Å². The van der Waals surface area contributed by atoms with Gasteiger partial charge in [0.2, 0.25) is 16.8 Å². The van der Waals surface area contributed by atoms with Gasteiger partial charge in [-0.05, 0) is 42.2 Å². The van der Waals surface area contributed by atoms with Crippen molar-refractivity contribution in [2.45, 2.75) is 50.3 Å². The molecule has 4 rings (SSSR count). The number of fused-ring (bicyclic) bond motifs is 1. The summed E-state index contributed by atoms with van der Waals surface area (Å²) in [7, 11) is -4.04. The smallest absolute Gasteiger partial charge is 0.404 e. The molecule has 222 valence electrons. The fourth-order valence-electron chi connectivity index (χ4n) is 4.39. The lowest BCUT2D eigenvalue weighted by Crippen LogP contribution is -2.50. The minimum Gasteiger partial charge on any atom is -0.494 e. The van der Waals surface area contributed by atoms with E-state index in [0.29, 0.717) is 30.4 Å². The maximum absolute atomic E-state index is 13.6. The molecule has 0 spiro atoms. The Morgan fingerprint density at radius 3 is 2.59 bits per heavy atom. The topological polar surface area (TPSA) is 165 Å². The molecule has 0 bridgehead atoms. The van der Waals surface area contributed by atoms with Crippen molar-refractivity contribution in [3.63, 3.8) is 0 Å². The molecule has 3 aromatic rings. The second-order valence-electron chi connectivity index (χ2n) is 10.1. The number of hydrogen-bond acceptors (Lipinski definition) is 9. The highest BCUT2D eigenvalue weighted by Gasteiger charge is 2.32. The highest BCUT2D eigenvalue weighted by atomic mass is 32.2. The number of benzene rings is 2. The van der Waals surface area contributed by atoms with Crippen molar-refractivity contribution in [1.29, 1.82) is 0 Å². The second kappa shape index (κ2) is 13.7. The number of carbonyl (C=O) groups is 1. The average Bonchev–Trinajstić information content (AvgIpc) is 3.62. The Bertz CT molecular complexity index is 1380. The third-order valence-electron chi connectivity index (χ3n) is 6.37. The number of carboxylic acid groups (broad SMARTS) is 1. The lowest BCUT2D eigenvalue weighted by Gasteiger charge is -2.30. The number of rotatable bonds is 15. The highest BCUT2D eigenvalue weighted by Crippen LogP contribution is 2.35. The standard InChI is InChI=1S/C27H35N5O8S/c1-19(2)16-32(41(36,37)22-8-9-25-26(15-22)40-18-39-25)17-24(33)23(29-27(34)35)14-20-4-6-21(7-5-20)38-13-3-11-31-12-10-28-30-31/h4-10,12,15,19,23-24,29,33H,3,11,13-14,16-18H2,1-2H3,(H,34,35)/t23-,24-/m0/s1. The van der Waals surface area contributed by atoms with E-state index in [4.69, 9.17) is 14.2 Å². The number of aryl methyl sites for hydroxylation is 1. The minimum absolute atomic E-state index is 0.00535. The summed E-state index contributed by atoms with van der Waals surface area (Å²) in [5.41, 5.74) is 0.742. The molecule has 2 aromatic carbocycles. The van der Waals surface area contributed by atoms with Crippen LogP contribution in [0.4, 0.5) is 4.79 Å². The third kappa shape index (κ3) is 8.31. The van der Waals surface area contributed by atoms with Gasteiger partial charge in [-0.2, -0.15) is 4.31 Å². The predicted octanol–water partition coefficient (Wildman–Crippen LogP) is 2.36. The number of aliphatic hydroxyl groups excluding tert-OH is 1. The van der Waals surface area contributed by atoms with E-state index >= 15 is 0 Å². The van der Waals surface area contributed by atoms with E-state index in [-0.39, 0.29) is 37.1 Å². The number of nitrogens with one attached hydrogen (secondary N) is 1. The summed E-state index contributed by atoms with van der Waals surface area (Å²) in [6.45, 7) is 4.69. The zero-order valence-corrected chi connectivity index (χ0v) is 23.7. The number of aliphatic hydroxyl groups is 1. The van der Waals surface area contributed by atoms with Gasteiger partial charge in [-0.25, -0.2) is 13.2 Å². The van der Waals surface area contributed by atoms with Crippen LogP contribution < -0.4 is 19.5 Å². The van der Waals surface area contributed by atoms with Crippen LogP contribution >= 0.6 is 0 Å². The van der Waals surface area contributed by atoms with Crippen molar-refractivity contribution in [2.75, 3.05) is 26.5 Å². The molecule has 1 aliphatic rings. The number of amides is 1. The lowest BCUT2D eigenvalue weighted by atomic mass is 10.0. The van der Waals surface area contributed by atoms with Gasteiger partial charge in [-0.1, -0.05) is 31.2 Å². The summed E-state index contributed by atoms with van der Waals surface area (Å²) < 4.78 is 46.4. The van der Waals surface area contributed by atoms with Gasteiger partial charge in [-0.15, -0.1) is 5.10 Å². The summed E-state index contributed by atoms with van der Waals surface area (Å²) in [4.78, 5) is 11.6. The summed E-state index contributed by atoms with van der Waals surface area (Å²) >= 11 is 0. The van der Waals surface area contributed by atoms with Crippen LogP contribution in [-0.2, 0) is 23.0 Å². The Labute approximate surface area is 238 Å².